The molecule has 0 radical (unpaired) electrons. The third-order valence-corrected chi connectivity index (χ3v) is 4.06. The summed E-state index contributed by atoms with van der Waals surface area (Å²) in [6, 6.07) is 7.80. The normalized spacial score (nSPS) is 18.1. The fourth-order valence-electron chi connectivity index (χ4n) is 2.82. The third-order valence-electron chi connectivity index (χ3n) is 3.81. The smallest absolute Gasteiger partial charge is 0.223 e. The maximum Gasteiger partial charge on any atom is 0.223 e. The molecule has 1 aromatic heterocycles. The van der Waals surface area contributed by atoms with E-state index in [9.17, 15) is 0 Å². The summed E-state index contributed by atoms with van der Waals surface area (Å²) in [5.74, 6) is 1.08. The highest BCUT2D eigenvalue weighted by Crippen LogP contribution is 2.35. The van der Waals surface area contributed by atoms with Crippen LogP contribution < -0.4 is 22.1 Å². The van der Waals surface area contributed by atoms with E-state index in [0.717, 1.165) is 35.8 Å². The second kappa shape index (κ2) is 5.29. The molecule has 110 valence electrons. The molecule has 1 fully saturated rings. The van der Waals surface area contributed by atoms with Crippen molar-refractivity contribution in [2.45, 2.75) is 12.3 Å². The monoisotopic (exact) mass is 304 g/mol. The third kappa shape index (κ3) is 2.67. The molecule has 3 rings (SSSR count). The van der Waals surface area contributed by atoms with E-state index in [1.165, 1.54) is 0 Å². The molecule has 0 spiro atoms. The van der Waals surface area contributed by atoms with E-state index in [1.54, 1.807) is 0 Å². The minimum absolute atomic E-state index is 0.112. The van der Waals surface area contributed by atoms with Gasteiger partial charge in [-0.2, -0.15) is 9.97 Å². The Morgan fingerprint density at radius 3 is 2.29 bits per heavy atom. The Labute approximate surface area is 127 Å². The van der Waals surface area contributed by atoms with Crippen LogP contribution in [0.25, 0.3) is 0 Å². The zero-order valence-electron chi connectivity index (χ0n) is 11.5. The van der Waals surface area contributed by atoms with Crippen LogP contribution in [0.4, 0.5) is 23.3 Å². The van der Waals surface area contributed by atoms with Crippen molar-refractivity contribution in [3.63, 3.8) is 0 Å². The standard InChI is InChI=1S/C14H17ClN6/c15-9-1-3-10(4-2-9)21-6-5-8(7-21)11-12(16)19-14(18)20-13(11)17/h1-4,8H,5-7H2,(H6,16,17,18,19,20). The van der Waals surface area contributed by atoms with Gasteiger partial charge in [0, 0.05) is 35.3 Å². The maximum absolute atomic E-state index is 5.96. The summed E-state index contributed by atoms with van der Waals surface area (Å²) in [6.45, 7) is 1.75. The SMILES string of the molecule is Nc1nc(N)c(C2CCN(c3ccc(Cl)cc3)C2)c(N)n1. The number of hydrogen-bond acceptors (Lipinski definition) is 6. The van der Waals surface area contributed by atoms with E-state index in [2.05, 4.69) is 14.9 Å². The first-order valence-corrected chi connectivity index (χ1v) is 7.11. The average Bonchev–Trinajstić information content (AvgIpc) is 2.87. The Kier molecular flexibility index (Phi) is 3.47. The highest BCUT2D eigenvalue weighted by molar-refractivity contribution is 6.30. The molecule has 0 aliphatic carbocycles. The number of rotatable bonds is 2. The predicted octanol–water partition coefficient (Wildman–Crippen LogP) is 1.87. The fraction of sp³-hybridized carbons (Fsp3) is 0.286. The lowest BCUT2D eigenvalue weighted by molar-refractivity contribution is 0.771. The minimum Gasteiger partial charge on any atom is -0.383 e. The first-order chi connectivity index (χ1) is 10.0. The maximum atomic E-state index is 5.96. The van der Waals surface area contributed by atoms with Gasteiger partial charge >= 0.3 is 0 Å². The highest BCUT2D eigenvalue weighted by Gasteiger charge is 2.28. The number of halogens is 1. The molecule has 7 heteroatoms. The molecule has 0 bridgehead atoms. The molecule has 1 aromatic carbocycles. The van der Waals surface area contributed by atoms with E-state index in [1.807, 2.05) is 24.3 Å². The number of anilines is 4. The Hall–Kier alpha value is -2.21. The quantitative estimate of drug-likeness (QED) is 0.782. The Morgan fingerprint density at radius 2 is 1.67 bits per heavy atom. The molecule has 2 heterocycles. The summed E-state index contributed by atoms with van der Waals surface area (Å²) >= 11 is 5.92. The number of nitrogen functional groups attached to an aromatic ring is 3. The first-order valence-electron chi connectivity index (χ1n) is 6.73. The highest BCUT2D eigenvalue weighted by atomic mass is 35.5. The molecular formula is C14H17ClN6. The van der Waals surface area contributed by atoms with Crippen molar-refractivity contribution in [2.24, 2.45) is 0 Å². The van der Waals surface area contributed by atoms with E-state index in [4.69, 9.17) is 28.8 Å². The van der Waals surface area contributed by atoms with Crippen molar-refractivity contribution in [2.75, 3.05) is 35.2 Å². The van der Waals surface area contributed by atoms with Gasteiger partial charge in [0.2, 0.25) is 5.95 Å². The summed E-state index contributed by atoms with van der Waals surface area (Å²) in [7, 11) is 0. The Morgan fingerprint density at radius 1 is 1.05 bits per heavy atom. The van der Waals surface area contributed by atoms with Crippen LogP contribution >= 0.6 is 11.6 Å². The molecule has 1 unspecified atom stereocenters. The largest absolute Gasteiger partial charge is 0.383 e. The van der Waals surface area contributed by atoms with Crippen molar-refractivity contribution in [3.05, 3.63) is 34.9 Å². The van der Waals surface area contributed by atoms with Gasteiger partial charge in [-0.25, -0.2) is 0 Å². The predicted molar refractivity (Wildman–Crippen MR) is 86.3 cm³/mol. The van der Waals surface area contributed by atoms with Gasteiger partial charge in [-0.3, -0.25) is 0 Å². The number of nitrogens with zero attached hydrogens (tertiary/aromatic N) is 3. The summed E-state index contributed by atoms with van der Waals surface area (Å²) in [4.78, 5) is 10.3. The molecule has 1 atom stereocenters. The topological polar surface area (TPSA) is 107 Å². The van der Waals surface area contributed by atoms with Crippen molar-refractivity contribution in [3.8, 4) is 0 Å². The first kappa shape index (κ1) is 13.8. The summed E-state index contributed by atoms with van der Waals surface area (Å²) in [5.41, 5.74) is 19.4. The van der Waals surface area contributed by atoms with Gasteiger partial charge < -0.3 is 22.1 Å². The molecular weight excluding hydrogens is 288 g/mol. The number of benzene rings is 1. The van der Waals surface area contributed by atoms with Crippen LogP contribution in [-0.2, 0) is 0 Å². The molecule has 21 heavy (non-hydrogen) atoms. The van der Waals surface area contributed by atoms with Crippen LogP contribution in [0.1, 0.15) is 17.9 Å². The molecule has 1 aliphatic rings. The zero-order valence-corrected chi connectivity index (χ0v) is 12.2. The molecule has 0 amide bonds. The second-order valence-electron chi connectivity index (χ2n) is 5.17. The van der Waals surface area contributed by atoms with Gasteiger partial charge in [0.1, 0.15) is 11.6 Å². The van der Waals surface area contributed by atoms with Crippen molar-refractivity contribution >= 4 is 34.9 Å². The van der Waals surface area contributed by atoms with E-state index in [0.29, 0.717) is 11.6 Å². The lowest BCUT2D eigenvalue weighted by Gasteiger charge is -2.19. The van der Waals surface area contributed by atoms with Gasteiger partial charge in [0.25, 0.3) is 0 Å². The van der Waals surface area contributed by atoms with Crippen molar-refractivity contribution < 1.29 is 0 Å². The summed E-state index contributed by atoms with van der Waals surface area (Å²) in [5, 5.41) is 0.731. The second-order valence-corrected chi connectivity index (χ2v) is 5.61. The van der Waals surface area contributed by atoms with Gasteiger partial charge in [0.15, 0.2) is 0 Å². The average molecular weight is 305 g/mol. The van der Waals surface area contributed by atoms with Crippen molar-refractivity contribution in [1.29, 1.82) is 0 Å². The van der Waals surface area contributed by atoms with Crippen LogP contribution in [0.3, 0.4) is 0 Å². The van der Waals surface area contributed by atoms with Crippen LogP contribution in [0.2, 0.25) is 5.02 Å². The van der Waals surface area contributed by atoms with E-state index in [-0.39, 0.29) is 11.9 Å². The van der Waals surface area contributed by atoms with Crippen LogP contribution in [0.15, 0.2) is 24.3 Å². The van der Waals surface area contributed by atoms with Crippen LogP contribution in [0.5, 0.6) is 0 Å². The van der Waals surface area contributed by atoms with E-state index < -0.39 is 0 Å². The molecule has 6 nitrogen and oxygen atoms in total. The molecule has 1 saturated heterocycles. The Bertz CT molecular complexity index is 634. The molecule has 0 saturated carbocycles. The lowest BCUT2D eigenvalue weighted by Crippen LogP contribution is -2.20. The number of hydrogen-bond donors (Lipinski definition) is 3. The Balaban J connectivity index is 1.83. The molecule has 6 N–H and O–H groups in total. The van der Waals surface area contributed by atoms with Gasteiger partial charge in [-0.05, 0) is 30.7 Å². The van der Waals surface area contributed by atoms with Crippen molar-refractivity contribution in [1.82, 2.24) is 9.97 Å². The van der Waals surface area contributed by atoms with Gasteiger partial charge in [-0.1, -0.05) is 11.6 Å². The summed E-state index contributed by atoms with van der Waals surface area (Å²) in [6.07, 6.45) is 0.949. The summed E-state index contributed by atoms with van der Waals surface area (Å²) < 4.78 is 0. The molecule has 2 aromatic rings. The van der Waals surface area contributed by atoms with E-state index >= 15 is 0 Å². The minimum atomic E-state index is 0.112. The van der Waals surface area contributed by atoms with Gasteiger partial charge in [0.05, 0.1) is 0 Å². The lowest BCUT2D eigenvalue weighted by atomic mass is 9.99. The fourth-order valence-corrected chi connectivity index (χ4v) is 2.95. The van der Waals surface area contributed by atoms with Crippen LogP contribution in [-0.4, -0.2) is 23.1 Å². The number of nitrogens with two attached hydrogens (primary N) is 3. The number of aromatic nitrogens is 2. The van der Waals surface area contributed by atoms with Gasteiger partial charge in [-0.15, -0.1) is 0 Å². The zero-order chi connectivity index (χ0) is 15.0. The van der Waals surface area contributed by atoms with Crippen LogP contribution in [0, 0.1) is 0 Å². The molecule has 1 aliphatic heterocycles.